The third kappa shape index (κ3) is 5.80. The number of para-hydroxylation sites is 1. The summed E-state index contributed by atoms with van der Waals surface area (Å²) in [6.45, 7) is 1.80. The van der Waals surface area contributed by atoms with Gasteiger partial charge in [-0.3, -0.25) is 0 Å². The number of hydrogen-bond acceptors (Lipinski definition) is 4. The van der Waals surface area contributed by atoms with E-state index in [9.17, 15) is 4.79 Å². The number of rotatable bonds is 6. The quantitative estimate of drug-likeness (QED) is 0.465. The Labute approximate surface area is 181 Å². The molecule has 0 aliphatic carbocycles. The van der Waals surface area contributed by atoms with E-state index in [1.165, 1.54) is 4.90 Å². The number of carbonyl (C=O) groups excluding carboxylic acids is 1. The van der Waals surface area contributed by atoms with E-state index in [-0.39, 0.29) is 6.09 Å². The maximum Gasteiger partial charge on any atom is 0.410 e. The Bertz CT molecular complexity index is 924. The molecule has 3 aromatic carbocycles. The number of hydrogen-bond donors (Lipinski definition) is 0. The van der Waals surface area contributed by atoms with Crippen LogP contribution in [0.2, 0.25) is 0 Å². The summed E-state index contributed by atoms with van der Waals surface area (Å²) >= 11 is 1.87. The Kier molecular flexibility index (Phi) is 6.93. The lowest BCUT2D eigenvalue weighted by molar-refractivity contribution is 0.0901. The molecule has 0 N–H and O–H groups in total. The maximum atomic E-state index is 12.3. The predicted molar refractivity (Wildman–Crippen MR) is 120 cm³/mol. The van der Waals surface area contributed by atoms with Crippen LogP contribution >= 0.6 is 11.8 Å². The second-order valence-electron chi connectivity index (χ2n) is 7.23. The third-order valence-electron chi connectivity index (χ3n) is 5.01. The van der Waals surface area contributed by atoms with Crippen molar-refractivity contribution in [1.29, 1.82) is 0 Å². The van der Waals surface area contributed by atoms with Crippen molar-refractivity contribution in [3.8, 4) is 11.5 Å². The Morgan fingerprint density at radius 1 is 0.833 bits per heavy atom. The molecule has 1 heterocycles. The molecule has 1 aliphatic heterocycles. The first kappa shape index (κ1) is 20.4. The minimum Gasteiger partial charge on any atom is -0.457 e. The Hall–Kier alpha value is -2.92. The number of benzene rings is 3. The lowest BCUT2D eigenvalue weighted by Gasteiger charge is -2.31. The van der Waals surface area contributed by atoms with Gasteiger partial charge in [0.25, 0.3) is 0 Å². The highest BCUT2D eigenvalue weighted by atomic mass is 32.2. The molecule has 0 unspecified atom stereocenters. The number of piperidine rings is 1. The van der Waals surface area contributed by atoms with Gasteiger partial charge in [0, 0.05) is 23.2 Å². The smallest absolute Gasteiger partial charge is 0.410 e. The molecule has 0 atom stereocenters. The highest BCUT2D eigenvalue weighted by Gasteiger charge is 2.24. The van der Waals surface area contributed by atoms with E-state index in [1.807, 2.05) is 89.5 Å². The first-order valence-corrected chi connectivity index (χ1v) is 11.1. The zero-order chi connectivity index (χ0) is 20.6. The van der Waals surface area contributed by atoms with Gasteiger partial charge in [0.1, 0.15) is 18.1 Å². The molecule has 0 radical (unpaired) electrons. The van der Waals surface area contributed by atoms with Gasteiger partial charge in [-0.25, -0.2) is 4.79 Å². The SMILES string of the molecule is O=C(OCc1ccccc1)N1CCC(Sc2ccc(Oc3ccccc3)cc2)CC1. The summed E-state index contributed by atoms with van der Waals surface area (Å²) in [6, 6.07) is 27.8. The summed E-state index contributed by atoms with van der Waals surface area (Å²) in [6.07, 6.45) is 1.71. The van der Waals surface area contributed by atoms with Gasteiger partial charge in [-0.15, -0.1) is 11.8 Å². The molecule has 0 bridgehead atoms. The first-order chi connectivity index (χ1) is 14.8. The van der Waals surface area contributed by atoms with Gasteiger partial charge in [0.05, 0.1) is 0 Å². The van der Waals surface area contributed by atoms with Gasteiger partial charge >= 0.3 is 6.09 Å². The fraction of sp³-hybridized carbons (Fsp3) is 0.240. The number of amides is 1. The highest BCUT2D eigenvalue weighted by molar-refractivity contribution is 8.00. The molecule has 1 aliphatic rings. The largest absolute Gasteiger partial charge is 0.457 e. The highest BCUT2D eigenvalue weighted by Crippen LogP contribution is 2.32. The Morgan fingerprint density at radius 3 is 2.10 bits per heavy atom. The molecule has 4 nitrogen and oxygen atoms in total. The molecule has 1 amide bonds. The lowest BCUT2D eigenvalue weighted by atomic mass is 10.1. The van der Waals surface area contributed by atoms with Crippen molar-refractivity contribution in [3.05, 3.63) is 90.5 Å². The van der Waals surface area contributed by atoms with E-state index < -0.39 is 0 Å². The van der Waals surface area contributed by atoms with Crippen LogP contribution in [0.4, 0.5) is 4.79 Å². The average Bonchev–Trinajstić information content (AvgIpc) is 2.81. The van der Waals surface area contributed by atoms with Gasteiger partial charge in [-0.05, 0) is 54.8 Å². The predicted octanol–water partition coefficient (Wildman–Crippen LogP) is 6.37. The molecule has 0 spiro atoms. The number of thioether (sulfide) groups is 1. The molecule has 0 saturated carbocycles. The van der Waals surface area contributed by atoms with E-state index in [0.717, 1.165) is 43.0 Å². The van der Waals surface area contributed by atoms with E-state index in [0.29, 0.717) is 11.9 Å². The zero-order valence-corrected chi connectivity index (χ0v) is 17.6. The zero-order valence-electron chi connectivity index (χ0n) is 16.8. The molecule has 0 aromatic heterocycles. The number of ether oxygens (including phenoxy) is 2. The van der Waals surface area contributed by atoms with Crippen LogP contribution in [0.1, 0.15) is 18.4 Å². The summed E-state index contributed by atoms with van der Waals surface area (Å²) < 4.78 is 11.3. The number of likely N-dealkylation sites (tertiary alicyclic amines) is 1. The van der Waals surface area contributed by atoms with Crippen molar-refractivity contribution in [2.24, 2.45) is 0 Å². The standard InChI is InChI=1S/C25H25NO3S/c27-25(28-19-20-7-3-1-4-8-20)26-17-15-24(16-18-26)30-23-13-11-22(12-14-23)29-21-9-5-2-6-10-21/h1-14,24H,15-19H2. The summed E-state index contributed by atoms with van der Waals surface area (Å²) in [4.78, 5) is 15.3. The topological polar surface area (TPSA) is 38.8 Å². The van der Waals surface area contributed by atoms with Gasteiger partial charge in [-0.1, -0.05) is 48.5 Å². The normalized spacial score (nSPS) is 14.3. The second-order valence-corrected chi connectivity index (χ2v) is 8.60. The maximum absolute atomic E-state index is 12.3. The van der Waals surface area contributed by atoms with Crippen LogP contribution in [0.25, 0.3) is 0 Å². The Balaban J connectivity index is 1.21. The summed E-state index contributed by atoms with van der Waals surface area (Å²) in [5.41, 5.74) is 1.01. The van der Waals surface area contributed by atoms with Crippen LogP contribution in [-0.2, 0) is 11.3 Å². The minimum atomic E-state index is -0.218. The molecule has 30 heavy (non-hydrogen) atoms. The molecular weight excluding hydrogens is 394 g/mol. The van der Waals surface area contributed by atoms with Crippen LogP contribution in [0.15, 0.2) is 89.8 Å². The average molecular weight is 420 g/mol. The molecule has 154 valence electrons. The van der Waals surface area contributed by atoms with Crippen LogP contribution in [0, 0.1) is 0 Å². The molecule has 3 aromatic rings. The third-order valence-corrected chi connectivity index (χ3v) is 6.36. The van der Waals surface area contributed by atoms with Crippen molar-refractivity contribution in [2.75, 3.05) is 13.1 Å². The monoisotopic (exact) mass is 419 g/mol. The van der Waals surface area contributed by atoms with Gasteiger partial charge in [0.15, 0.2) is 0 Å². The summed E-state index contributed by atoms with van der Waals surface area (Å²) in [5.74, 6) is 1.67. The van der Waals surface area contributed by atoms with Crippen LogP contribution in [0.3, 0.4) is 0 Å². The van der Waals surface area contributed by atoms with Crippen molar-refractivity contribution < 1.29 is 14.3 Å². The van der Waals surface area contributed by atoms with E-state index in [2.05, 4.69) is 12.1 Å². The van der Waals surface area contributed by atoms with E-state index in [4.69, 9.17) is 9.47 Å². The number of carbonyl (C=O) groups is 1. The fourth-order valence-electron chi connectivity index (χ4n) is 3.37. The molecule has 1 saturated heterocycles. The Morgan fingerprint density at radius 2 is 1.43 bits per heavy atom. The molecule has 1 fully saturated rings. The minimum absolute atomic E-state index is 0.218. The van der Waals surface area contributed by atoms with Gasteiger partial charge in [0.2, 0.25) is 0 Å². The summed E-state index contributed by atoms with van der Waals surface area (Å²) in [5, 5.41) is 0.504. The van der Waals surface area contributed by atoms with Crippen molar-refractivity contribution >= 4 is 17.9 Å². The van der Waals surface area contributed by atoms with Gasteiger partial charge in [-0.2, -0.15) is 0 Å². The summed E-state index contributed by atoms with van der Waals surface area (Å²) in [7, 11) is 0. The van der Waals surface area contributed by atoms with Crippen LogP contribution < -0.4 is 4.74 Å². The van der Waals surface area contributed by atoms with Crippen LogP contribution in [0.5, 0.6) is 11.5 Å². The first-order valence-electron chi connectivity index (χ1n) is 10.2. The van der Waals surface area contributed by atoms with Crippen molar-refractivity contribution in [1.82, 2.24) is 4.90 Å². The fourth-order valence-corrected chi connectivity index (χ4v) is 4.49. The number of nitrogens with zero attached hydrogens (tertiary/aromatic N) is 1. The van der Waals surface area contributed by atoms with Crippen molar-refractivity contribution in [2.45, 2.75) is 29.6 Å². The van der Waals surface area contributed by atoms with E-state index in [1.54, 1.807) is 0 Å². The lowest BCUT2D eigenvalue weighted by Crippen LogP contribution is -2.39. The van der Waals surface area contributed by atoms with Gasteiger partial charge < -0.3 is 14.4 Å². The second kappa shape index (κ2) is 10.2. The van der Waals surface area contributed by atoms with Crippen LogP contribution in [-0.4, -0.2) is 29.3 Å². The molecule has 4 rings (SSSR count). The molecular formula is C25H25NO3S. The van der Waals surface area contributed by atoms with E-state index >= 15 is 0 Å². The molecule has 5 heteroatoms. The van der Waals surface area contributed by atoms with Crippen molar-refractivity contribution in [3.63, 3.8) is 0 Å².